The number of benzene rings is 1. The molecule has 0 aliphatic carbocycles. The Morgan fingerprint density at radius 3 is 3.00 bits per heavy atom. The largest absolute Gasteiger partial charge is 0.378 e. The second-order valence-corrected chi connectivity index (χ2v) is 5.10. The maximum atomic E-state index is 10.9. The summed E-state index contributed by atoms with van der Waals surface area (Å²) >= 11 is 0. The number of nitro groups is 1. The van der Waals surface area contributed by atoms with Gasteiger partial charge in [-0.15, -0.1) is 0 Å². The van der Waals surface area contributed by atoms with Gasteiger partial charge in [0.2, 0.25) is 0 Å². The summed E-state index contributed by atoms with van der Waals surface area (Å²) in [4.78, 5) is 10.6. The molecule has 0 saturated carbocycles. The predicted octanol–water partition coefficient (Wildman–Crippen LogP) is 2.56. The summed E-state index contributed by atoms with van der Waals surface area (Å²) in [5.41, 5.74) is 1.94. The Morgan fingerprint density at radius 2 is 2.32 bits per heavy atom. The van der Waals surface area contributed by atoms with Crippen molar-refractivity contribution in [1.82, 2.24) is 5.32 Å². The van der Waals surface area contributed by atoms with Gasteiger partial charge in [-0.2, -0.15) is 0 Å². The minimum Gasteiger partial charge on any atom is -0.378 e. The first-order chi connectivity index (χ1) is 9.08. The van der Waals surface area contributed by atoms with Gasteiger partial charge in [-0.1, -0.05) is 12.1 Å². The Kier molecular flexibility index (Phi) is 4.50. The van der Waals surface area contributed by atoms with Crippen molar-refractivity contribution in [2.75, 3.05) is 6.61 Å². The van der Waals surface area contributed by atoms with Crippen LogP contribution >= 0.6 is 0 Å². The molecule has 2 unspecified atom stereocenters. The van der Waals surface area contributed by atoms with E-state index in [9.17, 15) is 10.1 Å². The van der Waals surface area contributed by atoms with Gasteiger partial charge in [-0.25, -0.2) is 0 Å². The van der Waals surface area contributed by atoms with E-state index in [1.165, 1.54) is 0 Å². The average Bonchev–Trinajstić information content (AvgIpc) is 2.37. The molecule has 1 aliphatic heterocycles. The molecule has 1 heterocycles. The molecule has 1 aliphatic rings. The fraction of sp³-hybridized carbons (Fsp3) is 0.571. The zero-order valence-corrected chi connectivity index (χ0v) is 11.4. The highest BCUT2D eigenvalue weighted by atomic mass is 16.6. The Morgan fingerprint density at radius 1 is 1.53 bits per heavy atom. The van der Waals surface area contributed by atoms with Gasteiger partial charge >= 0.3 is 0 Å². The summed E-state index contributed by atoms with van der Waals surface area (Å²) in [6, 6.07) is 5.67. The molecular weight excluding hydrogens is 244 g/mol. The van der Waals surface area contributed by atoms with Crippen LogP contribution in [-0.4, -0.2) is 23.7 Å². The highest BCUT2D eigenvalue weighted by Crippen LogP contribution is 2.21. The minimum absolute atomic E-state index is 0.194. The van der Waals surface area contributed by atoms with Gasteiger partial charge in [0.15, 0.2) is 0 Å². The quantitative estimate of drug-likeness (QED) is 0.670. The maximum absolute atomic E-state index is 10.9. The number of rotatable bonds is 4. The van der Waals surface area contributed by atoms with Gasteiger partial charge in [-0.3, -0.25) is 10.1 Å². The molecule has 19 heavy (non-hydrogen) atoms. The lowest BCUT2D eigenvalue weighted by atomic mass is 10.0. The highest BCUT2D eigenvalue weighted by Gasteiger charge is 2.19. The Bertz CT molecular complexity index is 462. The second-order valence-electron chi connectivity index (χ2n) is 5.10. The van der Waals surface area contributed by atoms with Crippen LogP contribution in [0.1, 0.15) is 30.9 Å². The topological polar surface area (TPSA) is 64.4 Å². The Labute approximate surface area is 113 Å². The van der Waals surface area contributed by atoms with Gasteiger partial charge in [0, 0.05) is 30.8 Å². The summed E-state index contributed by atoms with van der Waals surface area (Å²) in [7, 11) is 0. The number of nitrogens with one attached hydrogen (secondary N) is 1. The van der Waals surface area contributed by atoms with Crippen LogP contribution in [0.2, 0.25) is 0 Å². The molecule has 1 aromatic carbocycles. The van der Waals surface area contributed by atoms with Crippen molar-refractivity contribution in [3.05, 3.63) is 39.4 Å². The van der Waals surface area contributed by atoms with Crippen molar-refractivity contribution < 1.29 is 9.66 Å². The number of nitrogens with zero attached hydrogens (tertiary/aromatic N) is 1. The summed E-state index contributed by atoms with van der Waals surface area (Å²) in [5.74, 6) is 0. The van der Waals surface area contributed by atoms with Gasteiger partial charge in [0.25, 0.3) is 5.69 Å². The lowest BCUT2D eigenvalue weighted by molar-refractivity contribution is -0.385. The summed E-state index contributed by atoms with van der Waals surface area (Å²) < 4.78 is 5.51. The van der Waals surface area contributed by atoms with Crippen LogP contribution < -0.4 is 5.32 Å². The van der Waals surface area contributed by atoms with Crippen LogP contribution in [0.5, 0.6) is 0 Å². The lowest BCUT2D eigenvalue weighted by Crippen LogP contribution is -2.37. The number of nitro benzene ring substituents is 1. The Balaban J connectivity index is 1.99. The molecule has 0 aromatic heterocycles. The first-order valence-electron chi connectivity index (χ1n) is 6.66. The smallest absolute Gasteiger partial charge is 0.272 e. The molecule has 0 amide bonds. The minimum atomic E-state index is -0.324. The molecule has 0 spiro atoms. The van der Waals surface area contributed by atoms with Crippen molar-refractivity contribution in [2.24, 2.45) is 0 Å². The van der Waals surface area contributed by atoms with Crippen molar-refractivity contribution in [3.63, 3.8) is 0 Å². The zero-order chi connectivity index (χ0) is 13.8. The molecule has 0 bridgehead atoms. The summed E-state index contributed by atoms with van der Waals surface area (Å²) in [6.07, 6.45) is 2.28. The SMILES string of the molecule is Cc1c(CNC2CCOC(C)C2)cccc1[N+](=O)[O-]. The van der Waals surface area contributed by atoms with Crippen LogP contribution in [0.4, 0.5) is 5.69 Å². The first kappa shape index (κ1) is 14.0. The molecular formula is C14H20N2O3. The predicted molar refractivity (Wildman–Crippen MR) is 73.1 cm³/mol. The monoisotopic (exact) mass is 264 g/mol. The molecule has 5 heteroatoms. The van der Waals surface area contributed by atoms with Crippen LogP contribution in [-0.2, 0) is 11.3 Å². The third kappa shape index (κ3) is 3.52. The molecule has 1 saturated heterocycles. The first-order valence-corrected chi connectivity index (χ1v) is 6.66. The van der Waals surface area contributed by atoms with Crippen LogP contribution in [0.15, 0.2) is 18.2 Å². The second kappa shape index (κ2) is 6.12. The van der Waals surface area contributed by atoms with Gasteiger partial charge in [0.05, 0.1) is 11.0 Å². The van der Waals surface area contributed by atoms with E-state index in [4.69, 9.17) is 4.74 Å². The van der Waals surface area contributed by atoms with Crippen molar-refractivity contribution in [2.45, 2.75) is 45.4 Å². The van der Waals surface area contributed by atoms with Crippen molar-refractivity contribution in [1.29, 1.82) is 0 Å². The molecule has 1 N–H and O–H groups in total. The number of hydrogen-bond donors (Lipinski definition) is 1. The third-order valence-electron chi connectivity index (χ3n) is 3.68. The van der Waals surface area contributed by atoms with Gasteiger partial charge < -0.3 is 10.1 Å². The van der Waals surface area contributed by atoms with E-state index >= 15 is 0 Å². The van der Waals surface area contributed by atoms with E-state index in [0.717, 1.165) is 30.6 Å². The number of ether oxygens (including phenoxy) is 1. The zero-order valence-electron chi connectivity index (χ0n) is 11.4. The molecule has 5 nitrogen and oxygen atoms in total. The normalized spacial score (nSPS) is 23.3. The average molecular weight is 264 g/mol. The summed E-state index contributed by atoms with van der Waals surface area (Å²) in [6.45, 7) is 5.34. The fourth-order valence-corrected chi connectivity index (χ4v) is 2.50. The van der Waals surface area contributed by atoms with Gasteiger partial charge in [0.1, 0.15) is 0 Å². The molecule has 1 aromatic rings. The molecule has 1 fully saturated rings. The fourth-order valence-electron chi connectivity index (χ4n) is 2.50. The standard InChI is InChI=1S/C14H20N2O3/c1-10-8-13(6-7-19-10)15-9-12-4-3-5-14(11(12)2)16(17)18/h3-5,10,13,15H,6-9H2,1-2H3. The number of hydrogen-bond acceptors (Lipinski definition) is 4. The van der Waals surface area contributed by atoms with E-state index in [1.54, 1.807) is 12.1 Å². The van der Waals surface area contributed by atoms with E-state index in [2.05, 4.69) is 12.2 Å². The van der Waals surface area contributed by atoms with E-state index in [0.29, 0.717) is 12.6 Å². The van der Waals surface area contributed by atoms with Crippen LogP contribution in [0, 0.1) is 17.0 Å². The van der Waals surface area contributed by atoms with Crippen molar-refractivity contribution >= 4 is 5.69 Å². The molecule has 0 radical (unpaired) electrons. The third-order valence-corrected chi connectivity index (χ3v) is 3.68. The molecule has 104 valence electrons. The van der Waals surface area contributed by atoms with E-state index in [-0.39, 0.29) is 16.7 Å². The van der Waals surface area contributed by atoms with E-state index in [1.807, 2.05) is 13.0 Å². The van der Waals surface area contributed by atoms with Crippen LogP contribution in [0.3, 0.4) is 0 Å². The van der Waals surface area contributed by atoms with E-state index < -0.39 is 0 Å². The lowest BCUT2D eigenvalue weighted by Gasteiger charge is -2.28. The highest BCUT2D eigenvalue weighted by molar-refractivity contribution is 5.44. The molecule has 2 atom stereocenters. The van der Waals surface area contributed by atoms with Crippen LogP contribution in [0.25, 0.3) is 0 Å². The van der Waals surface area contributed by atoms with Crippen molar-refractivity contribution in [3.8, 4) is 0 Å². The van der Waals surface area contributed by atoms with Gasteiger partial charge in [-0.05, 0) is 32.3 Å². The maximum Gasteiger partial charge on any atom is 0.272 e. The Hall–Kier alpha value is -1.46. The molecule has 2 rings (SSSR count). The summed E-state index contributed by atoms with van der Waals surface area (Å²) in [5, 5.41) is 14.4.